The average Bonchev–Trinajstić information content (AvgIpc) is 3.34. The Morgan fingerprint density at radius 2 is 2.21 bits per heavy atom. The molecule has 0 radical (unpaired) electrons. The summed E-state index contributed by atoms with van der Waals surface area (Å²) >= 11 is 0. The van der Waals surface area contributed by atoms with Crippen LogP contribution < -0.4 is 14.8 Å². The quantitative estimate of drug-likeness (QED) is 0.772. The molecule has 0 amide bonds. The van der Waals surface area contributed by atoms with Crippen molar-refractivity contribution in [3.63, 3.8) is 0 Å². The van der Waals surface area contributed by atoms with Gasteiger partial charge in [0.15, 0.2) is 11.5 Å². The highest BCUT2D eigenvalue weighted by Crippen LogP contribution is 2.37. The van der Waals surface area contributed by atoms with E-state index in [-0.39, 0.29) is 29.3 Å². The Labute approximate surface area is 142 Å². The van der Waals surface area contributed by atoms with Crippen LogP contribution in [0.4, 0.5) is 8.78 Å². The highest BCUT2D eigenvalue weighted by Gasteiger charge is 2.31. The molecule has 3 rings (SSSR count). The highest BCUT2D eigenvalue weighted by molar-refractivity contribution is 5.76. The molecule has 2 fully saturated rings. The standard InChI is InChI=1S/C17H21F2NO4/c1-22-16(21)13-6-12(8-20-13)11-4-5-14(24-17(18)19)15(7-11)23-9-10-2-3-10/h4-5,7,10,12-13,17,20H,2-3,6,8-9H2,1H3/t12?,13-/m1/s1/i9D2. The Morgan fingerprint density at radius 1 is 1.42 bits per heavy atom. The van der Waals surface area contributed by atoms with Crippen molar-refractivity contribution in [2.45, 2.75) is 37.8 Å². The van der Waals surface area contributed by atoms with E-state index in [9.17, 15) is 13.6 Å². The second-order valence-electron chi connectivity index (χ2n) is 6.00. The zero-order valence-corrected chi connectivity index (χ0v) is 13.3. The lowest BCUT2D eigenvalue weighted by Gasteiger charge is -2.16. The zero-order chi connectivity index (χ0) is 18.9. The fourth-order valence-electron chi connectivity index (χ4n) is 2.71. The van der Waals surface area contributed by atoms with Gasteiger partial charge in [-0.2, -0.15) is 8.78 Å². The summed E-state index contributed by atoms with van der Waals surface area (Å²) in [5.41, 5.74) is 0.757. The van der Waals surface area contributed by atoms with Crippen molar-refractivity contribution in [2.24, 2.45) is 5.92 Å². The fourth-order valence-corrected chi connectivity index (χ4v) is 2.71. The number of rotatable bonds is 7. The highest BCUT2D eigenvalue weighted by atomic mass is 19.3. The summed E-state index contributed by atoms with van der Waals surface area (Å²) in [5.74, 6) is -0.909. The molecule has 7 heteroatoms. The maximum absolute atomic E-state index is 12.7. The van der Waals surface area contributed by atoms with Gasteiger partial charge in [0.1, 0.15) is 6.04 Å². The molecule has 1 aliphatic carbocycles. The normalized spacial score (nSPS) is 25.2. The molecule has 0 aromatic heterocycles. The van der Waals surface area contributed by atoms with E-state index in [0.29, 0.717) is 25.8 Å². The van der Waals surface area contributed by atoms with Gasteiger partial charge in [0.05, 0.1) is 16.4 Å². The molecule has 1 aromatic rings. The Balaban J connectivity index is 1.81. The van der Waals surface area contributed by atoms with E-state index in [4.69, 9.17) is 12.2 Å². The van der Waals surface area contributed by atoms with E-state index in [2.05, 4.69) is 10.1 Å². The van der Waals surface area contributed by atoms with Gasteiger partial charge in [-0.25, -0.2) is 0 Å². The first-order valence-electron chi connectivity index (χ1n) is 8.89. The van der Waals surface area contributed by atoms with Crippen molar-refractivity contribution in [2.75, 3.05) is 20.2 Å². The van der Waals surface area contributed by atoms with Gasteiger partial charge in [-0.15, -0.1) is 0 Å². The van der Waals surface area contributed by atoms with Crippen LogP contribution in [-0.4, -0.2) is 38.8 Å². The minimum atomic E-state index is -3.04. The van der Waals surface area contributed by atoms with Crippen LogP contribution in [0.3, 0.4) is 0 Å². The van der Waals surface area contributed by atoms with E-state index >= 15 is 0 Å². The maximum atomic E-state index is 12.7. The number of hydrogen-bond donors (Lipinski definition) is 1. The molecule has 1 aromatic carbocycles. The number of nitrogens with one attached hydrogen (secondary N) is 1. The van der Waals surface area contributed by atoms with E-state index in [1.807, 2.05) is 0 Å². The number of alkyl halides is 2. The first kappa shape index (κ1) is 14.5. The van der Waals surface area contributed by atoms with Gasteiger partial charge in [-0.3, -0.25) is 4.79 Å². The van der Waals surface area contributed by atoms with E-state index in [1.165, 1.54) is 19.2 Å². The molecule has 5 nitrogen and oxygen atoms in total. The summed E-state index contributed by atoms with van der Waals surface area (Å²) in [4.78, 5) is 11.6. The van der Waals surface area contributed by atoms with Crippen molar-refractivity contribution in [1.29, 1.82) is 0 Å². The number of esters is 1. The van der Waals surface area contributed by atoms with Crippen LogP contribution in [0, 0.1) is 5.92 Å². The summed E-state index contributed by atoms with van der Waals surface area (Å²) in [7, 11) is 1.32. The average molecular weight is 343 g/mol. The Bertz CT molecular complexity index is 670. The molecular formula is C17H21F2NO4. The first-order chi connectivity index (χ1) is 12.3. The second-order valence-corrected chi connectivity index (χ2v) is 6.00. The van der Waals surface area contributed by atoms with E-state index in [0.717, 1.165) is 5.56 Å². The van der Waals surface area contributed by atoms with Crippen LogP contribution in [0.1, 0.15) is 33.5 Å². The molecule has 0 spiro atoms. The molecule has 1 aliphatic heterocycles. The van der Waals surface area contributed by atoms with Crippen LogP contribution in [0.5, 0.6) is 11.5 Å². The molecule has 1 unspecified atom stereocenters. The Morgan fingerprint density at radius 3 is 2.88 bits per heavy atom. The van der Waals surface area contributed by atoms with Crippen LogP contribution in [-0.2, 0) is 9.53 Å². The van der Waals surface area contributed by atoms with Gasteiger partial charge in [-0.1, -0.05) is 6.07 Å². The molecule has 1 saturated carbocycles. The minimum Gasteiger partial charge on any atom is -0.489 e. The van der Waals surface area contributed by atoms with Gasteiger partial charge in [0.25, 0.3) is 0 Å². The maximum Gasteiger partial charge on any atom is 0.387 e. The lowest BCUT2D eigenvalue weighted by Crippen LogP contribution is -2.31. The number of halogens is 2. The van der Waals surface area contributed by atoms with Gasteiger partial charge < -0.3 is 19.5 Å². The largest absolute Gasteiger partial charge is 0.489 e. The van der Waals surface area contributed by atoms with Crippen molar-refractivity contribution in [1.82, 2.24) is 5.32 Å². The van der Waals surface area contributed by atoms with Crippen LogP contribution in [0.15, 0.2) is 18.2 Å². The van der Waals surface area contributed by atoms with Crippen molar-refractivity contribution >= 4 is 5.97 Å². The van der Waals surface area contributed by atoms with Crippen LogP contribution >= 0.6 is 0 Å². The Hall–Kier alpha value is -1.89. The third-order valence-electron chi connectivity index (χ3n) is 4.18. The predicted octanol–water partition coefficient (Wildman–Crippen LogP) is 2.70. The van der Waals surface area contributed by atoms with Gasteiger partial charge in [-0.05, 0) is 48.8 Å². The van der Waals surface area contributed by atoms with E-state index in [1.54, 1.807) is 6.07 Å². The van der Waals surface area contributed by atoms with E-state index < -0.39 is 19.2 Å². The molecule has 1 N–H and O–H groups in total. The number of benzene rings is 1. The number of methoxy groups -OCH3 is 1. The van der Waals surface area contributed by atoms with Crippen molar-refractivity contribution in [3.8, 4) is 11.5 Å². The molecule has 1 heterocycles. The minimum absolute atomic E-state index is 0.0474. The van der Waals surface area contributed by atoms with Crippen molar-refractivity contribution in [3.05, 3.63) is 23.8 Å². The molecule has 0 bridgehead atoms. The molecular weight excluding hydrogens is 320 g/mol. The smallest absolute Gasteiger partial charge is 0.387 e. The number of carbonyl (C=O) groups excluding carboxylic acids is 1. The van der Waals surface area contributed by atoms with Crippen LogP contribution in [0.25, 0.3) is 0 Å². The summed E-state index contributed by atoms with van der Waals surface area (Å²) in [6, 6.07) is 4.07. The molecule has 2 aliphatic rings. The van der Waals surface area contributed by atoms with Gasteiger partial charge in [0.2, 0.25) is 0 Å². The molecule has 1 saturated heterocycles. The molecule has 24 heavy (non-hydrogen) atoms. The van der Waals surface area contributed by atoms with Gasteiger partial charge >= 0.3 is 12.6 Å². The second kappa shape index (κ2) is 7.34. The fraction of sp³-hybridized carbons (Fsp3) is 0.588. The lowest BCUT2D eigenvalue weighted by molar-refractivity contribution is -0.142. The van der Waals surface area contributed by atoms with Crippen LogP contribution in [0.2, 0.25) is 0 Å². The topological polar surface area (TPSA) is 56.8 Å². The summed E-state index contributed by atoms with van der Waals surface area (Å²) in [6.45, 7) is -4.46. The third-order valence-corrected chi connectivity index (χ3v) is 4.18. The number of carbonyl (C=O) groups is 1. The number of hydrogen-bond acceptors (Lipinski definition) is 5. The SMILES string of the molecule is [2H]C([2H])(Oc1cc(C2CN[C@@H](C(=O)OC)C2)ccc1OC(F)F)C1CC1. The first-order valence-corrected chi connectivity index (χ1v) is 7.89. The van der Waals surface area contributed by atoms with Gasteiger partial charge in [0, 0.05) is 6.54 Å². The zero-order valence-electron chi connectivity index (χ0n) is 15.3. The predicted molar refractivity (Wildman–Crippen MR) is 82.5 cm³/mol. The van der Waals surface area contributed by atoms with Crippen molar-refractivity contribution < 1.29 is 30.5 Å². The lowest BCUT2D eigenvalue weighted by atomic mass is 9.96. The Kier molecular flexibility index (Phi) is 4.42. The molecule has 2 atom stereocenters. The number of ether oxygens (including phenoxy) is 3. The summed E-state index contributed by atoms with van der Waals surface area (Å²) in [6.07, 6.45) is 1.90. The summed E-state index contributed by atoms with van der Waals surface area (Å²) in [5, 5.41) is 3.06. The summed E-state index contributed by atoms with van der Waals surface area (Å²) < 4.78 is 55.9. The monoisotopic (exact) mass is 343 g/mol. The molecule has 132 valence electrons. The third kappa shape index (κ3) is 4.14.